The summed E-state index contributed by atoms with van der Waals surface area (Å²) in [5.41, 5.74) is 8.79. The van der Waals surface area contributed by atoms with Crippen molar-refractivity contribution in [2.75, 3.05) is 73.3 Å². The second-order valence-corrected chi connectivity index (χ2v) is 16.8. The van der Waals surface area contributed by atoms with E-state index in [1.54, 1.807) is 44.5 Å². The van der Waals surface area contributed by atoms with Crippen molar-refractivity contribution in [1.29, 1.82) is 0 Å². The van der Waals surface area contributed by atoms with Crippen molar-refractivity contribution in [1.82, 2.24) is 9.97 Å². The molecule has 0 saturated carbocycles. The standard InChI is InChI=1S/C55H55N7O6/c1-5-67-51-34-42(22-25-48(51)59-55-56-35-49-52(60-55)58-47-14-7-6-13-45(47)54(64)61(49)2)62-29-27-36(28-30-62)10-9-31-68-43-23-17-38(18-24-43)37-15-20-41(21-16-37)57-53(63)40-19-26-50(66-4)46(33-40)39-11-8-12-44(32-39)65-3/h6-8,11-26,32-36H,5,9-10,27-31H2,1-4H3,(H,57,63)(H2,56,58,59,60). The summed E-state index contributed by atoms with van der Waals surface area (Å²) in [5.74, 6) is 4.22. The van der Waals surface area contributed by atoms with Crippen molar-refractivity contribution in [3.05, 3.63) is 151 Å². The van der Waals surface area contributed by atoms with Crippen LogP contribution in [0.2, 0.25) is 0 Å². The summed E-state index contributed by atoms with van der Waals surface area (Å²) >= 11 is 0. The van der Waals surface area contributed by atoms with Gasteiger partial charge in [-0.1, -0.05) is 48.5 Å². The fourth-order valence-electron chi connectivity index (χ4n) is 8.78. The molecule has 3 N–H and O–H groups in total. The van der Waals surface area contributed by atoms with Gasteiger partial charge in [0.05, 0.1) is 50.6 Å². The molecule has 3 heterocycles. The van der Waals surface area contributed by atoms with E-state index in [0.717, 1.165) is 89.6 Å². The van der Waals surface area contributed by atoms with E-state index in [-0.39, 0.29) is 11.8 Å². The van der Waals surface area contributed by atoms with Crippen LogP contribution in [0.3, 0.4) is 0 Å². The van der Waals surface area contributed by atoms with Crippen LogP contribution in [0.4, 0.5) is 40.2 Å². The van der Waals surface area contributed by atoms with Gasteiger partial charge in [0.2, 0.25) is 5.95 Å². The third-order valence-corrected chi connectivity index (χ3v) is 12.5. The number of nitrogens with zero attached hydrogens (tertiary/aromatic N) is 4. The van der Waals surface area contributed by atoms with Gasteiger partial charge in [0.1, 0.15) is 28.7 Å². The van der Waals surface area contributed by atoms with Crippen LogP contribution in [0.1, 0.15) is 53.3 Å². The van der Waals surface area contributed by atoms with Gasteiger partial charge in [-0.3, -0.25) is 9.59 Å². The average molecular weight is 910 g/mol. The highest BCUT2D eigenvalue weighted by molar-refractivity contribution is 6.12. The van der Waals surface area contributed by atoms with Gasteiger partial charge in [0, 0.05) is 48.7 Å². The van der Waals surface area contributed by atoms with Crippen LogP contribution in [0.25, 0.3) is 22.3 Å². The summed E-state index contributed by atoms with van der Waals surface area (Å²) < 4.78 is 23.3. The predicted octanol–water partition coefficient (Wildman–Crippen LogP) is 11.6. The molecule has 13 heteroatoms. The molecule has 0 bridgehead atoms. The van der Waals surface area contributed by atoms with Crippen LogP contribution in [-0.2, 0) is 0 Å². The minimum Gasteiger partial charge on any atom is -0.497 e. The first-order chi connectivity index (χ1) is 33.3. The lowest BCUT2D eigenvalue weighted by molar-refractivity contribution is 0.0992. The normalized spacial score (nSPS) is 13.4. The first kappa shape index (κ1) is 45.1. The maximum atomic E-state index is 13.3. The summed E-state index contributed by atoms with van der Waals surface area (Å²) in [6.07, 6.45) is 6.00. The molecule has 1 fully saturated rings. The van der Waals surface area contributed by atoms with Gasteiger partial charge >= 0.3 is 0 Å². The largest absolute Gasteiger partial charge is 0.497 e. The van der Waals surface area contributed by atoms with Gasteiger partial charge < -0.3 is 44.7 Å². The van der Waals surface area contributed by atoms with Gasteiger partial charge in [-0.25, -0.2) is 4.98 Å². The van der Waals surface area contributed by atoms with Crippen molar-refractivity contribution < 1.29 is 28.5 Å². The van der Waals surface area contributed by atoms with Gasteiger partial charge in [-0.05, 0) is 134 Å². The predicted molar refractivity (Wildman–Crippen MR) is 270 cm³/mol. The van der Waals surface area contributed by atoms with Crippen LogP contribution in [-0.4, -0.2) is 69.4 Å². The number of anilines is 7. The first-order valence-corrected chi connectivity index (χ1v) is 23.0. The van der Waals surface area contributed by atoms with Crippen molar-refractivity contribution >= 4 is 52.0 Å². The molecule has 0 aliphatic carbocycles. The number of aromatic nitrogens is 2. The molecule has 0 spiro atoms. The van der Waals surface area contributed by atoms with E-state index in [1.807, 2.05) is 104 Å². The van der Waals surface area contributed by atoms with Gasteiger partial charge in [-0.15, -0.1) is 0 Å². The maximum absolute atomic E-state index is 13.3. The van der Waals surface area contributed by atoms with E-state index in [9.17, 15) is 9.59 Å². The number of para-hydroxylation sites is 1. The van der Waals surface area contributed by atoms with Gasteiger partial charge in [-0.2, -0.15) is 4.98 Å². The first-order valence-electron chi connectivity index (χ1n) is 23.0. The molecule has 0 radical (unpaired) electrons. The highest BCUT2D eigenvalue weighted by atomic mass is 16.5. The lowest BCUT2D eigenvalue weighted by atomic mass is 9.92. The number of rotatable bonds is 16. The zero-order valence-corrected chi connectivity index (χ0v) is 38.8. The summed E-state index contributed by atoms with van der Waals surface area (Å²) in [4.78, 5) is 39.7. The number of hydrogen-bond donors (Lipinski definition) is 3. The Morgan fingerprint density at radius 2 is 1.54 bits per heavy atom. The third-order valence-electron chi connectivity index (χ3n) is 12.5. The summed E-state index contributed by atoms with van der Waals surface area (Å²) in [6, 6.07) is 42.7. The smallest absolute Gasteiger partial charge is 0.260 e. The lowest BCUT2D eigenvalue weighted by Gasteiger charge is -2.34. The van der Waals surface area contributed by atoms with Crippen LogP contribution < -0.4 is 44.7 Å². The Morgan fingerprint density at radius 1 is 0.765 bits per heavy atom. The van der Waals surface area contributed by atoms with E-state index >= 15 is 0 Å². The number of carbonyl (C=O) groups is 2. The monoisotopic (exact) mass is 909 g/mol. The molecule has 7 aromatic rings. The molecule has 1 aromatic heterocycles. The van der Waals surface area contributed by atoms with E-state index in [1.165, 1.54) is 0 Å². The minimum atomic E-state index is -0.209. The second-order valence-electron chi connectivity index (χ2n) is 16.8. The molecule has 6 aromatic carbocycles. The number of piperidine rings is 1. The molecule has 9 rings (SSSR count). The second kappa shape index (κ2) is 20.6. The summed E-state index contributed by atoms with van der Waals surface area (Å²) in [6.45, 7) is 5.10. The highest BCUT2D eigenvalue weighted by Crippen LogP contribution is 2.38. The zero-order chi connectivity index (χ0) is 47.0. The molecule has 13 nitrogen and oxygen atoms in total. The van der Waals surface area contributed by atoms with E-state index in [0.29, 0.717) is 64.8 Å². The Kier molecular flexibility index (Phi) is 13.7. The fraction of sp³-hybridized carbons (Fsp3) is 0.236. The van der Waals surface area contributed by atoms with Crippen LogP contribution >= 0.6 is 0 Å². The SMILES string of the molecule is CCOc1cc(N2CCC(CCCOc3ccc(-c4ccc(NC(=O)c5ccc(OC)c(-c6cccc(OC)c6)c5)cc4)cc3)CC2)ccc1Nc1ncc2c(n1)Nc1ccccc1C(=O)N2C. The number of benzene rings is 6. The lowest BCUT2D eigenvalue weighted by Crippen LogP contribution is -2.33. The number of amides is 2. The van der Waals surface area contributed by atoms with Crippen molar-refractivity contribution in [2.45, 2.75) is 32.6 Å². The van der Waals surface area contributed by atoms with Crippen LogP contribution in [0.15, 0.2) is 140 Å². The Hall–Kier alpha value is -8.06. The number of carbonyl (C=O) groups excluding carboxylic acids is 2. The number of nitrogens with one attached hydrogen (secondary N) is 3. The van der Waals surface area contributed by atoms with Crippen LogP contribution in [0, 0.1) is 5.92 Å². The highest BCUT2D eigenvalue weighted by Gasteiger charge is 2.26. The van der Waals surface area contributed by atoms with E-state index < -0.39 is 0 Å². The molecule has 68 heavy (non-hydrogen) atoms. The molecule has 2 aliphatic heterocycles. The number of ether oxygens (including phenoxy) is 4. The third kappa shape index (κ3) is 10.2. The molecule has 2 amide bonds. The number of methoxy groups -OCH3 is 2. The molecule has 346 valence electrons. The van der Waals surface area contributed by atoms with E-state index in [4.69, 9.17) is 23.9 Å². The average Bonchev–Trinajstić information content (AvgIpc) is 3.48. The molecule has 2 aliphatic rings. The van der Waals surface area contributed by atoms with E-state index in [2.05, 4.69) is 50.1 Å². The molecule has 0 atom stereocenters. The molecular weight excluding hydrogens is 855 g/mol. The fourth-order valence-corrected chi connectivity index (χ4v) is 8.78. The number of fused-ring (bicyclic) bond motifs is 2. The molecule has 1 saturated heterocycles. The van der Waals surface area contributed by atoms with Crippen molar-refractivity contribution in [2.24, 2.45) is 5.92 Å². The Balaban J connectivity index is 0.728. The van der Waals surface area contributed by atoms with Crippen molar-refractivity contribution in [3.8, 4) is 45.3 Å². The number of hydrogen-bond acceptors (Lipinski definition) is 11. The Bertz CT molecular complexity index is 2900. The summed E-state index contributed by atoms with van der Waals surface area (Å²) in [5, 5.41) is 9.70. The Labute approximate surface area is 397 Å². The van der Waals surface area contributed by atoms with Gasteiger partial charge in [0.25, 0.3) is 11.8 Å². The molecule has 0 unspecified atom stereocenters. The minimum absolute atomic E-state index is 0.124. The zero-order valence-electron chi connectivity index (χ0n) is 38.8. The summed E-state index contributed by atoms with van der Waals surface area (Å²) in [7, 11) is 4.98. The topological polar surface area (TPSA) is 139 Å². The maximum Gasteiger partial charge on any atom is 0.260 e. The van der Waals surface area contributed by atoms with Crippen molar-refractivity contribution in [3.63, 3.8) is 0 Å². The molecular formula is C55H55N7O6. The van der Waals surface area contributed by atoms with Crippen LogP contribution in [0.5, 0.6) is 23.0 Å². The van der Waals surface area contributed by atoms with Gasteiger partial charge in [0.15, 0.2) is 5.82 Å². The quantitative estimate of drug-likeness (QED) is 0.0798. The Morgan fingerprint density at radius 3 is 2.31 bits per heavy atom.